The third kappa shape index (κ3) is 4.46. The highest BCUT2D eigenvalue weighted by atomic mass is 16.6. The Kier molecular flexibility index (Phi) is 6.36. The Balaban J connectivity index is 2.81. The number of hydrogen-bond acceptors (Lipinski definition) is 6. The number of nitrogens with zero attached hydrogens (tertiary/aromatic N) is 1. The van der Waals surface area contributed by atoms with E-state index in [-0.39, 0.29) is 18.7 Å². The molecule has 0 spiro atoms. The first-order valence-electron chi connectivity index (χ1n) is 6.41. The summed E-state index contributed by atoms with van der Waals surface area (Å²) in [4.78, 5) is 39.1. The van der Waals surface area contributed by atoms with Crippen molar-refractivity contribution in [2.75, 3.05) is 6.61 Å². The lowest BCUT2D eigenvalue weighted by atomic mass is 10.1. The molecule has 0 aromatic carbocycles. The first-order valence-corrected chi connectivity index (χ1v) is 6.41. The van der Waals surface area contributed by atoms with Gasteiger partial charge in [-0.05, 0) is 25.5 Å². The monoisotopic (exact) mass is 279 g/mol. The summed E-state index contributed by atoms with van der Waals surface area (Å²) in [6.45, 7) is 3.51. The molecule has 0 aliphatic rings. The SMILES string of the molecule is CCCC(=O)C(OC(=O)c1ccccn1)C(=O)OCC. The first kappa shape index (κ1) is 15.8. The first-order chi connectivity index (χ1) is 9.60. The zero-order valence-electron chi connectivity index (χ0n) is 11.5. The van der Waals surface area contributed by atoms with Crippen LogP contribution in [-0.2, 0) is 19.1 Å². The van der Waals surface area contributed by atoms with E-state index in [4.69, 9.17) is 9.47 Å². The number of rotatable bonds is 7. The Morgan fingerprint density at radius 2 is 2.00 bits per heavy atom. The molecule has 0 amide bonds. The van der Waals surface area contributed by atoms with E-state index < -0.39 is 23.8 Å². The van der Waals surface area contributed by atoms with E-state index in [1.165, 1.54) is 12.3 Å². The van der Waals surface area contributed by atoms with Crippen molar-refractivity contribution in [3.05, 3.63) is 30.1 Å². The highest BCUT2D eigenvalue weighted by Crippen LogP contribution is 2.07. The largest absolute Gasteiger partial charge is 0.463 e. The molecule has 6 nitrogen and oxygen atoms in total. The van der Waals surface area contributed by atoms with Crippen LogP contribution in [0.4, 0.5) is 0 Å². The van der Waals surface area contributed by atoms with Crippen molar-refractivity contribution in [3.8, 4) is 0 Å². The van der Waals surface area contributed by atoms with Gasteiger partial charge in [0.25, 0.3) is 6.10 Å². The second kappa shape index (κ2) is 8.04. The molecule has 1 aromatic heterocycles. The normalized spacial score (nSPS) is 11.5. The number of carbonyl (C=O) groups excluding carboxylic acids is 3. The molecule has 1 heterocycles. The van der Waals surface area contributed by atoms with E-state index in [9.17, 15) is 14.4 Å². The van der Waals surface area contributed by atoms with Crippen LogP contribution in [0.1, 0.15) is 37.2 Å². The Bertz CT molecular complexity index is 454. The maximum absolute atomic E-state index is 11.8. The lowest BCUT2D eigenvalue weighted by Crippen LogP contribution is -2.36. The minimum absolute atomic E-state index is 0.0334. The average molecular weight is 279 g/mol. The lowest BCUT2D eigenvalue weighted by Gasteiger charge is -2.14. The molecule has 0 fully saturated rings. The molecule has 6 heteroatoms. The number of hydrogen-bond donors (Lipinski definition) is 0. The van der Waals surface area contributed by atoms with Crippen LogP contribution in [0.3, 0.4) is 0 Å². The number of carbonyl (C=O) groups is 3. The molecule has 0 radical (unpaired) electrons. The van der Waals surface area contributed by atoms with Crippen LogP contribution >= 0.6 is 0 Å². The molecule has 108 valence electrons. The van der Waals surface area contributed by atoms with Gasteiger partial charge in [0.1, 0.15) is 5.69 Å². The predicted molar refractivity (Wildman–Crippen MR) is 70.0 cm³/mol. The second-order valence-electron chi connectivity index (χ2n) is 3.97. The molecule has 1 aromatic rings. The van der Waals surface area contributed by atoms with Crippen LogP contribution < -0.4 is 0 Å². The Morgan fingerprint density at radius 1 is 1.25 bits per heavy atom. The molecule has 0 aliphatic carbocycles. The summed E-state index contributed by atoms with van der Waals surface area (Å²) in [7, 11) is 0. The number of esters is 2. The van der Waals surface area contributed by atoms with Gasteiger partial charge in [0.15, 0.2) is 5.78 Å². The third-order valence-corrected chi connectivity index (χ3v) is 2.39. The topological polar surface area (TPSA) is 82.6 Å². The van der Waals surface area contributed by atoms with Gasteiger partial charge in [0.2, 0.25) is 0 Å². The van der Waals surface area contributed by atoms with Gasteiger partial charge in [-0.2, -0.15) is 0 Å². The van der Waals surface area contributed by atoms with E-state index in [1.807, 2.05) is 0 Å². The van der Waals surface area contributed by atoms with Crippen LogP contribution in [0.5, 0.6) is 0 Å². The fourth-order valence-electron chi connectivity index (χ4n) is 1.49. The highest BCUT2D eigenvalue weighted by Gasteiger charge is 2.31. The van der Waals surface area contributed by atoms with Gasteiger partial charge in [0.05, 0.1) is 6.61 Å². The maximum atomic E-state index is 11.8. The Morgan fingerprint density at radius 3 is 2.55 bits per heavy atom. The van der Waals surface area contributed by atoms with Gasteiger partial charge in [0, 0.05) is 12.6 Å². The number of ketones is 1. The van der Waals surface area contributed by atoms with E-state index in [0.717, 1.165) is 0 Å². The van der Waals surface area contributed by atoms with Gasteiger partial charge < -0.3 is 9.47 Å². The van der Waals surface area contributed by atoms with Gasteiger partial charge in [-0.1, -0.05) is 13.0 Å². The fraction of sp³-hybridized carbons (Fsp3) is 0.429. The van der Waals surface area contributed by atoms with Crippen molar-refractivity contribution in [2.24, 2.45) is 0 Å². The quantitative estimate of drug-likeness (QED) is 0.556. The van der Waals surface area contributed by atoms with Crippen molar-refractivity contribution in [1.29, 1.82) is 0 Å². The average Bonchev–Trinajstić information content (AvgIpc) is 2.45. The second-order valence-corrected chi connectivity index (χ2v) is 3.97. The smallest absolute Gasteiger partial charge is 0.358 e. The van der Waals surface area contributed by atoms with E-state index in [1.54, 1.807) is 26.0 Å². The molecule has 1 rings (SSSR count). The Labute approximate surface area is 117 Å². The lowest BCUT2D eigenvalue weighted by molar-refractivity contribution is -0.157. The van der Waals surface area contributed by atoms with Crippen molar-refractivity contribution in [2.45, 2.75) is 32.8 Å². The molecule has 1 unspecified atom stereocenters. The molecule has 20 heavy (non-hydrogen) atoms. The zero-order valence-corrected chi connectivity index (χ0v) is 11.5. The summed E-state index contributed by atoms with van der Waals surface area (Å²) in [5.41, 5.74) is 0.0334. The summed E-state index contributed by atoms with van der Waals surface area (Å²) in [5.74, 6) is -2.15. The van der Waals surface area contributed by atoms with Gasteiger partial charge >= 0.3 is 11.9 Å². The summed E-state index contributed by atoms with van der Waals surface area (Å²) in [6, 6.07) is 4.69. The molecule has 0 saturated carbocycles. The summed E-state index contributed by atoms with van der Waals surface area (Å²) >= 11 is 0. The van der Waals surface area contributed by atoms with Crippen molar-refractivity contribution >= 4 is 17.7 Å². The maximum Gasteiger partial charge on any atom is 0.358 e. The number of Topliss-reactive ketones (excluding diaryl/α,β-unsaturated/α-hetero) is 1. The zero-order chi connectivity index (χ0) is 15.0. The standard InChI is InChI=1S/C14H17NO5/c1-3-7-11(16)12(14(18)19-4-2)20-13(17)10-8-5-6-9-15-10/h5-6,8-9,12H,3-4,7H2,1-2H3. The highest BCUT2D eigenvalue weighted by molar-refractivity contribution is 6.04. The summed E-state index contributed by atoms with van der Waals surface area (Å²) < 4.78 is 9.69. The number of aromatic nitrogens is 1. The van der Waals surface area contributed by atoms with Crippen LogP contribution in [0.15, 0.2) is 24.4 Å². The number of ether oxygens (including phenoxy) is 2. The molecular formula is C14H17NO5. The molecule has 0 bridgehead atoms. The Hall–Kier alpha value is -2.24. The molecule has 0 aliphatic heterocycles. The predicted octanol–water partition coefficient (Wildman–Crippen LogP) is 1.54. The van der Waals surface area contributed by atoms with Crippen LogP contribution in [0.2, 0.25) is 0 Å². The molecular weight excluding hydrogens is 262 g/mol. The fourth-order valence-corrected chi connectivity index (χ4v) is 1.49. The minimum Gasteiger partial charge on any atom is -0.463 e. The van der Waals surface area contributed by atoms with Crippen molar-refractivity contribution in [3.63, 3.8) is 0 Å². The van der Waals surface area contributed by atoms with Crippen LogP contribution in [-0.4, -0.2) is 35.4 Å². The van der Waals surface area contributed by atoms with Gasteiger partial charge in [-0.25, -0.2) is 14.6 Å². The van der Waals surface area contributed by atoms with Crippen molar-refractivity contribution < 1.29 is 23.9 Å². The van der Waals surface area contributed by atoms with E-state index in [2.05, 4.69) is 4.98 Å². The van der Waals surface area contributed by atoms with Gasteiger partial charge in [-0.3, -0.25) is 4.79 Å². The molecule has 0 N–H and O–H groups in total. The van der Waals surface area contributed by atoms with E-state index >= 15 is 0 Å². The van der Waals surface area contributed by atoms with Gasteiger partial charge in [-0.15, -0.1) is 0 Å². The summed E-state index contributed by atoms with van der Waals surface area (Å²) in [5, 5.41) is 0. The third-order valence-electron chi connectivity index (χ3n) is 2.39. The van der Waals surface area contributed by atoms with Crippen LogP contribution in [0, 0.1) is 0 Å². The number of pyridine rings is 1. The summed E-state index contributed by atoms with van der Waals surface area (Å²) in [6.07, 6.45) is 0.586. The minimum atomic E-state index is -1.52. The molecule has 1 atom stereocenters. The molecule has 0 saturated heterocycles. The van der Waals surface area contributed by atoms with Crippen molar-refractivity contribution in [1.82, 2.24) is 4.98 Å². The van der Waals surface area contributed by atoms with E-state index in [0.29, 0.717) is 6.42 Å². The van der Waals surface area contributed by atoms with Crippen LogP contribution in [0.25, 0.3) is 0 Å².